The first-order valence-corrected chi connectivity index (χ1v) is 11.1. The number of nitrogens with one attached hydrogen (secondary N) is 2. The lowest BCUT2D eigenvalue weighted by Gasteiger charge is -2.39. The zero-order chi connectivity index (χ0) is 24.6. The molecule has 1 aromatic carbocycles. The quantitative estimate of drug-likeness (QED) is 0.400. The first kappa shape index (κ1) is 22.2. The Morgan fingerprint density at radius 2 is 2.03 bits per heavy atom. The van der Waals surface area contributed by atoms with Gasteiger partial charge in [-0.2, -0.15) is 5.26 Å². The number of aromatic nitrogens is 5. The number of aromatic amines is 1. The lowest BCUT2D eigenvalue weighted by atomic mass is 9.87. The summed E-state index contributed by atoms with van der Waals surface area (Å²) in [6.07, 6.45) is 10.5. The van der Waals surface area contributed by atoms with Crippen LogP contribution >= 0.6 is 0 Å². The molecule has 0 amide bonds. The lowest BCUT2D eigenvalue weighted by Crippen LogP contribution is -2.39. The van der Waals surface area contributed by atoms with E-state index in [0.29, 0.717) is 34.1 Å². The van der Waals surface area contributed by atoms with E-state index < -0.39 is 5.41 Å². The Kier molecular flexibility index (Phi) is 5.49. The highest BCUT2D eigenvalue weighted by atomic mass is 19.1. The van der Waals surface area contributed by atoms with Crippen LogP contribution in [0.15, 0.2) is 73.1 Å². The van der Waals surface area contributed by atoms with Gasteiger partial charge in [0, 0.05) is 29.2 Å². The highest BCUT2D eigenvalue weighted by Crippen LogP contribution is 2.39. The van der Waals surface area contributed by atoms with Crippen LogP contribution in [0.1, 0.15) is 20.8 Å². The van der Waals surface area contributed by atoms with Crippen LogP contribution in [-0.4, -0.2) is 31.0 Å². The number of pyridine rings is 1. The Balaban J connectivity index is 1.55. The number of anilines is 3. The number of benzene rings is 1. The van der Waals surface area contributed by atoms with Crippen LogP contribution in [0.3, 0.4) is 0 Å². The summed E-state index contributed by atoms with van der Waals surface area (Å²) in [7, 11) is 0. The van der Waals surface area contributed by atoms with Crippen molar-refractivity contribution in [2.75, 3.05) is 10.2 Å². The number of nitriles is 1. The first-order valence-electron chi connectivity index (χ1n) is 11.1. The molecule has 1 atom stereocenters. The second kappa shape index (κ2) is 8.65. The summed E-state index contributed by atoms with van der Waals surface area (Å²) in [4.78, 5) is 22.3. The lowest BCUT2D eigenvalue weighted by molar-refractivity contribution is 0.542. The number of nitrogens with zero attached hydrogens (tertiary/aromatic N) is 6. The normalized spacial score (nSPS) is 15.7. The molecule has 9 heteroatoms. The highest BCUT2D eigenvalue weighted by Gasteiger charge is 2.33. The summed E-state index contributed by atoms with van der Waals surface area (Å²) in [6.45, 7) is 5.63. The van der Waals surface area contributed by atoms with Crippen molar-refractivity contribution in [2.45, 2.75) is 26.8 Å². The van der Waals surface area contributed by atoms with Gasteiger partial charge in [0.2, 0.25) is 0 Å². The number of allylic oxidation sites excluding steroid dienone is 3. The molecule has 35 heavy (non-hydrogen) atoms. The van der Waals surface area contributed by atoms with Gasteiger partial charge in [-0.3, -0.25) is 0 Å². The molecule has 2 N–H and O–H groups in total. The summed E-state index contributed by atoms with van der Waals surface area (Å²) in [6, 6.07) is 10.7. The van der Waals surface area contributed by atoms with Crippen molar-refractivity contribution in [1.29, 1.82) is 5.26 Å². The van der Waals surface area contributed by atoms with Crippen LogP contribution in [0.4, 0.5) is 21.6 Å². The third-order valence-electron chi connectivity index (χ3n) is 5.98. The maximum absolute atomic E-state index is 15.2. The molecule has 0 saturated heterocycles. The average molecular weight is 467 g/mol. The minimum absolute atomic E-state index is 0.132. The van der Waals surface area contributed by atoms with Crippen molar-refractivity contribution in [1.82, 2.24) is 24.9 Å². The molecule has 0 saturated carbocycles. The Bertz CT molecular complexity index is 1510. The molecule has 4 heterocycles. The molecule has 3 aromatic heterocycles. The van der Waals surface area contributed by atoms with Crippen LogP contribution < -0.4 is 10.2 Å². The van der Waals surface area contributed by atoms with Gasteiger partial charge in [0.1, 0.15) is 29.2 Å². The Morgan fingerprint density at radius 1 is 1.17 bits per heavy atom. The van der Waals surface area contributed by atoms with Crippen LogP contribution in [0.25, 0.3) is 22.4 Å². The van der Waals surface area contributed by atoms with E-state index in [2.05, 4.69) is 36.3 Å². The van der Waals surface area contributed by atoms with Gasteiger partial charge >= 0.3 is 0 Å². The molecule has 0 bridgehead atoms. The van der Waals surface area contributed by atoms with Gasteiger partial charge in [0.25, 0.3) is 0 Å². The fourth-order valence-corrected chi connectivity index (χ4v) is 4.19. The maximum atomic E-state index is 15.2. The molecule has 5 rings (SSSR count). The first-order chi connectivity index (χ1) is 16.9. The zero-order valence-electron chi connectivity index (χ0n) is 19.5. The van der Waals surface area contributed by atoms with Gasteiger partial charge in [-0.1, -0.05) is 12.2 Å². The summed E-state index contributed by atoms with van der Waals surface area (Å²) in [5, 5.41) is 13.1. The average Bonchev–Trinajstić information content (AvgIpc) is 3.35. The Morgan fingerprint density at radius 3 is 2.86 bits per heavy atom. The molecular formula is C26H23FN8. The minimum Gasteiger partial charge on any atom is -0.341 e. The monoisotopic (exact) mass is 466 g/mol. The van der Waals surface area contributed by atoms with Crippen molar-refractivity contribution in [2.24, 2.45) is 5.41 Å². The number of fused-ring (bicyclic) bond motifs is 1. The molecule has 0 spiro atoms. The molecule has 4 aromatic rings. The topological polar surface area (TPSA) is 106 Å². The largest absolute Gasteiger partial charge is 0.341 e. The predicted molar refractivity (Wildman–Crippen MR) is 133 cm³/mol. The second-order valence-electron chi connectivity index (χ2n) is 8.80. The van der Waals surface area contributed by atoms with Crippen LogP contribution in [0, 0.1) is 22.6 Å². The van der Waals surface area contributed by atoms with Crippen LogP contribution in [-0.2, 0) is 0 Å². The molecule has 0 fully saturated rings. The molecule has 174 valence electrons. The van der Waals surface area contributed by atoms with E-state index in [4.69, 9.17) is 0 Å². The van der Waals surface area contributed by atoms with Gasteiger partial charge in [-0.15, -0.1) is 0 Å². The molecule has 1 unspecified atom stereocenters. The molecule has 8 nitrogen and oxygen atoms in total. The predicted octanol–water partition coefficient (Wildman–Crippen LogP) is 5.50. The molecule has 0 radical (unpaired) electrons. The third kappa shape index (κ3) is 3.99. The number of hydrogen-bond acceptors (Lipinski definition) is 7. The number of hydrogen-bond donors (Lipinski definition) is 2. The molecule has 1 aliphatic rings. The molecule has 1 aliphatic heterocycles. The maximum Gasteiger partial charge on any atom is 0.181 e. The fraction of sp³-hybridized carbons (Fsp3) is 0.192. The Hall–Kier alpha value is -4.58. The number of rotatable bonds is 5. The van der Waals surface area contributed by atoms with Crippen LogP contribution in [0.2, 0.25) is 0 Å². The van der Waals surface area contributed by atoms with Gasteiger partial charge in [-0.05, 0) is 57.2 Å². The van der Waals surface area contributed by atoms with E-state index in [-0.39, 0.29) is 11.9 Å². The Labute approximate surface area is 201 Å². The van der Waals surface area contributed by atoms with Gasteiger partial charge in [0.15, 0.2) is 5.65 Å². The minimum atomic E-state index is -0.800. The van der Waals surface area contributed by atoms with Gasteiger partial charge in [-0.25, -0.2) is 24.3 Å². The summed E-state index contributed by atoms with van der Waals surface area (Å²) in [5.41, 5.74) is 3.60. The van der Waals surface area contributed by atoms with Crippen molar-refractivity contribution in [3.8, 4) is 17.3 Å². The summed E-state index contributed by atoms with van der Waals surface area (Å²) < 4.78 is 15.2. The smallest absolute Gasteiger partial charge is 0.181 e. The van der Waals surface area contributed by atoms with Gasteiger partial charge < -0.3 is 15.2 Å². The summed E-state index contributed by atoms with van der Waals surface area (Å²) >= 11 is 0. The van der Waals surface area contributed by atoms with Gasteiger partial charge in [0.05, 0.1) is 23.5 Å². The van der Waals surface area contributed by atoms with Crippen LogP contribution in [0.5, 0.6) is 0 Å². The molecule has 0 aliphatic carbocycles. The SMILES string of the molecule is CC1C=CC=C(C(C)(C)C#N)N1c1cc(Nc2ncccc2-c2ncnc3nc[nH]c23)ccc1F. The van der Waals surface area contributed by atoms with E-state index in [0.717, 1.165) is 11.3 Å². The van der Waals surface area contributed by atoms with Crippen molar-refractivity contribution >= 4 is 28.4 Å². The van der Waals surface area contributed by atoms with Crippen molar-refractivity contribution in [3.05, 3.63) is 78.9 Å². The van der Waals surface area contributed by atoms with E-state index in [1.54, 1.807) is 24.7 Å². The molecular weight excluding hydrogens is 443 g/mol. The second-order valence-corrected chi connectivity index (χ2v) is 8.80. The van der Waals surface area contributed by atoms with E-state index in [9.17, 15) is 5.26 Å². The third-order valence-corrected chi connectivity index (χ3v) is 5.98. The number of H-pyrrole nitrogens is 1. The fourth-order valence-electron chi connectivity index (χ4n) is 4.19. The van der Waals surface area contributed by atoms with E-state index >= 15 is 4.39 Å². The summed E-state index contributed by atoms with van der Waals surface area (Å²) in [5.74, 6) is 0.174. The zero-order valence-corrected chi connectivity index (χ0v) is 19.5. The van der Waals surface area contributed by atoms with E-state index in [1.165, 1.54) is 12.4 Å². The number of halogens is 1. The van der Waals surface area contributed by atoms with Crippen molar-refractivity contribution < 1.29 is 4.39 Å². The van der Waals surface area contributed by atoms with Crippen molar-refractivity contribution in [3.63, 3.8) is 0 Å². The van der Waals surface area contributed by atoms with E-state index in [1.807, 2.05) is 56.0 Å². The standard InChI is InChI=1S/C26H23FN8/c1-16-6-4-8-21(26(2,3)13-28)35(16)20-12-17(9-10-19(20)27)34-24-18(7-5-11-29-24)22-23-25(32-14-30-22)33-15-31-23/h4-12,14-16H,1-3H3,(H,29,34)(H,30,31,32,33). The number of imidazole rings is 1. The highest BCUT2D eigenvalue weighted by molar-refractivity contribution is 5.91.